The molecule has 1 saturated heterocycles. The lowest BCUT2D eigenvalue weighted by Crippen LogP contribution is -2.43. The predicted octanol–water partition coefficient (Wildman–Crippen LogP) is 1.52. The minimum atomic E-state index is 0.944. The van der Waals surface area contributed by atoms with Gasteiger partial charge in [0.25, 0.3) is 0 Å². The van der Waals surface area contributed by atoms with Gasteiger partial charge in [-0.1, -0.05) is 0 Å². The van der Waals surface area contributed by atoms with Crippen molar-refractivity contribution >= 4 is 27.8 Å². The third-order valence-corrected chi connectivity index (χ3v) is 3.69. The molecule has 0 bridgehead atoms. The molecule has 96 valence electrons. The van der Waals surface area contributed by atoms with Crippen LogP contribution in [-0.2, 0) is 0 Å². The molecule has 3 aromatic rings. The number of nitrogens with one attached hydrogen (secondary N) is 2. The molecule has 2 N–H and O–H groups in total. The maximum atomic E-state index is 4.75. The summed E-state index contributed by atoms with van der Waals surface area (Å²) in [6.45, 7) is 4.08. The van der Waals surface area contributed by atoms with Crippen molar-refractivity contribution in [1.82, 2.24) is 20.3 Å². The second-order valence-corrected chi connectivity index (χ2v) is 4.85. The fourth-order valence-corrected chi connectivity index (χ4v) is 2.68. The van der Waals surface area contributed by atoms with E-state index in [0.717, 1.165) is 53.9 Å². The molecule has 4 heterocycles. The Hall–Kier alpha value is -2.14. The summed E-state index contributed by atoms with van der Waals surface area (Å²) in [6, 6.07) is 6.23. The summed E-state index contributed by atoms with van der Waals surface area (Å²) in [7, 11) is 0. The number of nitrogens with zero attached hydrogens (tertiary/aromatic N) is 3. The molecule has 0 amide bonds. The standard InChI is InChI=1S/C14H15N5/c1-2-13(19-7-5-15-6-8-19)18-14-10(1)11-9-16-4-3-12(11)17-14/h1-4,9,15H,5-8H2,(H,17,18). The van der Waals surface area contributed by atoms with Gasteiger partial charge >= 0.3 is 0 Å². The van der Waals surface area contributed by atoms with Crippen molar-refractivity contribution < 1.29 is 0 Å². The molecule has 1 aliphatic rings. The fourth-order valence-electron chi connectivity index (χ4n) is 2.68. The van der Waals surface area contributed by atoms with E-state index in [9.17, 15) is 0 Å². The summed E-state index contributed by atoms with van der Waals surface area (Å²) in [5.41, 5.74) is 2.04. The average Bonchev–Trinajstić information content (AvgIpc) is 2.86. The van der Waals surface area contributed by atoms with Gasteiger partial charge in [-0.2, -0.15) is 0 Å². The van der Waals surface area contributed by atoms with E-state index in [2.05, 4.69) is 32.3 Å². The second-order valence-electron chi connectivity index (χ2n) is 4.85. The molecule has 0 spiro atoms. The number of anilines is 1. The number of fused-ring (bicyclic) bond motifs is 3. The molecule has 3 aromatic heterocycles. The summed E-state index contributed by atoms with van der Waals surface area (Å²) in [5.74, 6) is 1.05. The first-order valence-electron chi connectivity index (χ1n) is 6.60. The lowest BCUT2D eigenvalue weighted by atomic mass is 10.2. The first kappa shape index (κ1) is 10.8. The van der Waals surface area contributed by atoms with Crippen LogP contribution >= 0.6 is 0 Å². The molecular weight excluding hydrogens is 238 g/mol. The first-order valence-corrected chi connectivity index (χ1v) is 6.60. The highest BCUT2D eigenvalue weighted by atomic mass is 15.2. The summed E-state index contributed by atoms with van der Waals surface area (Å²) in [4.78, 5) is 14.6. The van der Waals surface area contributed by atoms with Crippen LogP contribution in [0, 0.1) is 0 Å². The zero-order valence-corrected chi connectivity index (χ0v) is 10.6. The SMILES string of the molecule is c1cc2[nH]c3nc(N4CCNCC4)ccc3c2cn1. The zero-order valence-electron chi connectivity index (χ0n) is 10.6. The molecule has 0 saturated carbocycles. The lowest BCUT2D eigenvalue weighted by molar-refractivity contribution is 0.585. The van der Waals surface area contributed by atoms with Gasteiger partial charge in [-0.3, -0.25) is 4.98 Å². The number of hydrogen-bond donors (Lipinski definition) is 2. The van der Waals surface area contributed by atoms with Crippen LogP contribution in [0.1, 0.15) is 0 Å². The second kappa shape index (κ2) is 4.20. The van der Waals surface area contributed by atoms with E-state index in [1.54, 1.807) is 6.20 Å². The van der Waals surface area contributed by atoms with Crippen molar-refractivity contribution in [3.05, 3.63) is 30.6 Å². The van der Waals surface area contributed by atoms with Crippen LogP contribution in [0.5, 0.6) is 0 Å². The van der Waals surface area contributed by atoms with Crippen LogP contribution in [0.15, 0.2) is 30.6 Å². The Morgan fingerprint density at radius 3 is 2.84 bits per heavy atom. The van der Waals surface area contributed by atoms with Crippen LogP contribution in [0.3, 0.4) is 0 Å². The predicted molar refractivity (Wildman–Crippen MR) is 76.5 cm³/mol. The zero-order chi connectivity index (χ0) is 12.7. The number of hydrogen-bond acceptors (Lipinski definition) is 4. The van der Waals surface area contributed by atoms with Gasteiger partial charge in [0.2, 0.25) is 0 Å². The molecule has 0 unspecified atom stereocenters. The monoisotopic (exact) mass is 253 g/mol. The van der Waals surface area contributed by atoms with E-state index in [1.807, 2.05) is 12.3 Å². The number of H-pyrrole nitrogens is 1. The molecule has 5 nitrogen and oxygen atoms in total. The largest absolute Gasteiger partial charge is 0.354 e. The molecule has 19 heavy (non-hydrogen) atoms. The first-order chi connectivity index (χ1) is 9.42. The van der Waals surface area contributed by atoms with E-state index in [0.29, 0.717) is 0 Å². The quantitative estimate of drug-likeness (QED) is 0.690. The Bertz CT molecular complexity index is 727. The van der Waals surface area contributed by atoms with Crippen molar-refractivity contribution in [1.29, 1.82) is 0 Å². The summed E-state index contributed by atoms with van der Waals surface area (Å²) >= 11 is 0. The molecule has 0 atom stereocenters. The number of rotatable bonds is 1. The van der Waals surface area contributed by atoms with Gasteiger partial charge in [-0.05, 0) is 18.2 Å². The third-order valence-electron chi connectivity index (χ3n) is 3.69. The highest BCUT2D eigenvalue weighted by molar-refractivity contribution is 6.05. The van der Waals surface area contributed by atoms with Crippen molar-refractivity contribution in [2.75, 3.05) is 31.1 Å². The molecule has 0 radical (unpaired) electrons. The summed E-state index contributed by atoms with van der Waals surface area (Å²) in [5, 5.41) is 5.63. The Morgan fingerprint density at radius 2 is 1.95 bits per heavy atom. The Balaban J connectivity index is 1.84. The van der Waals surface area contributed by atoms with Crippen molar-refractivity contribution in [2.24, 2.45) is 0 Å². The summed E-state index contributed by atoms with van der Waals surface area (Å²) < 4.78 is 0. The highest BCUT2D eigenvalue weighted by Gasteiger charge is 2.13. The van der Waals surface area contributed by atoms with Crippen molar-refractivity contribution in [3.63, 3.8) is 0 Å². The van der Waals surface area contributed by atoms with Crippen molar-refractivity contribution in [2.45, 2.75) is 0 Å². The Labute approximate surface area is 110 Å². The number of aromatic nitrogens is 3. The van der Waals surface area contributed by atoms with Gasteiger partial charge in [-0.25, -0.2) is 4.98 Å². The van der Waals surface area contributed by atoms with E-state index in [4.69, 9.17) is 4.98 Å². The van der Waals surface area contributed by atoms with E-state index < -0.39 is 0 Å². The minimum Gasteiger partial charge on any atom is -0.354 e. The number of aromatic amines is 1. The fraction of sp³-hybridized carbons (Fsp3) is 0.286. The van der Waals surface area contributed by atoms with Crippen LogP contribution in [0.2, 0.25) is 0 Å². The maximum Gasteiger partial charge on any atom is 0.140 e. The van der Waals surface area contributed by atoms with Crippen LogP contribution in [0.4, 0.5) is 5.82 Å². The molecule has 1 aliphatic heterocycles. The minimum absolute atomic E-state index is 0.944. The van der Waals surface area contributed by atoms with Gasteiger partial charge in [0, 0.05) is 49.3 Å². The summed E-state index contributed by atoms with van der Waals surface area (Å²) in [6.07, 6.45) is 3.69. The van der Waals surface area contributed by atoms with Gasteiger partial charge < -0.3 is 15.2 Å². The number of pyridine rings is 2. The van der Waals surface area contributed by atoms with Gasteiger partial charge in [0.05, 0.1) is 5.52 Å². The molecule has 5 heteroatoms. The molecular formula is C14H15N5. The smallest absolute Gasteiger partial charge is 0.140 e. The average molecular weight is 253 g/mol. The molecule has 4 rings (SSSR count). The van der Waals surface area contributed by atoms with E-state index in [1.165, 1.54) is 0 Å². The molecule has 0 aliphatic carbocycles. The highest BCUT2D eigenvalue weighted by Crippen LogP contribution is 2.25. The third kappa shape index (κ3) is 1.74. The van der Waals surface area contributed by atoms with Gasteiger partial charge in [0.15, 0.2) is 0 Å². The van der Waals surface area contributed by atoms with Gasteiger partial charge in [0.1, 0.15) is 11.5 Å². The lowest BCUT2D eigenvalue weighted by Gasteiger charge is -2.28. The molecule has 1 fully saturated rings. The van der Waals surface area contributed by atoms with Gasteiger partial charge in [-0.15, -0.1) is 0 Å². The van der Waals surface area contributed by atoms with E-state index >= 15 is 0 Å². The van der Waals surface area contributed by atoms with Crippen LogP contribution < -0.4 is 10.2 Å². The van der Waals surface area contributed by atoms with Crippen molar-refractivity contribution in [3.8, 4) is 0 Å². The number of piperazine rings is 1. The van der Waals surface area contributed by atoms with Crippen LogP contribution in [0.25, 0.3) is 21.9 Å². The Kier molecular flexibility index (Phi) is 2.38. The normalized spacial score (nSPS) is 16.3. The maximum absolute atomic E-state index is 4.75. The Morgan fingerprint density at radius 1 is 1.05 bits per heavy atom. The molecule has 0 aromatic carbocycles. The van der Waals surface area contributed by atoms with E-state index in [-0.39, 0.29) is 0 Å². The topological polar surface area (TPSA) is 56.8 Å². The van der Waals surface area contributed by atoms with Crippen LogP contribution in [-0.4, -0.2) is 41.1 Å².